The third-order valence-corrected chi connectivity index (χ3v) is 5.36. The molecule has 0 heterocycles. The molecule has 0 aromatic heterocycles. The van der Waals surface area contributed by atoms with Crippen LogP contribution in [0, 0.1) is 0 Å². The quantitative estimate of drug-likeness (QED) is 0.781. The van der Waals surface area contributed by atoms with E-state index in [0.29, 0.717) is 11.6 Å². The summed E-state index contributed by atoms with van der Waals surface area (Å²) in [7, 11) is -0.403. The van der Waals surface area contributed by atoms with Gasteiger partial charge in [0.05, 0.1) is 7.11 Å². The van der Waals surface area contributed by atoms with Crippen LogP contribution in [0.4, 0.5) is 0 Å². The Morgan fingerprint density at radius 3 is 2.61 bits per heavy atom. The van der Waals surface area contributed by atoms with E-state index in [1.54, 1.807) is 25.2 Å². The molecule has 1 aromatic rings. The molecule has 1 aromatic carbocycles. The van der Waals surface area contributed by atoms with Crippen molar-refractivity contribution in [2.75, 3.05) is 14.2 Å². The van der Waals surface area contributed by atoms with E-state index < -0.39 is 10.0 Å². The minimum atomic E-state index is -3.48. The minimum absolute atomic E-state index is 0.132. The second kappa shape index (κ2) is 5.07. The molecule has 0 aliphatic heterocycles. The van der Waals surface area contributed by atoms with Gasteiger partial charge in [0.1, 0.15) is 10.6 Å². The highest BCUT2D eigenvalue weighted by atomic mass is 35.5. The Labute approximate surface area is 113 Å². The number of ether oxygens (including phenoxy) is 1. The zero-order valence-corrected chi connectivity index (χ0v) is 12.0. The van der Waals surface area contributed by atoms with E-state index in [2.05, 4.69) is 0 Å². The summed E-state index contributed by atoms with van der Waals surface area (Å²) in [6.07, 6.45) is 1.86. The van der Waals surface area contributed by atoms with Crippen LogP contribution in [-0.2, 0) is 15.9 Å². The minimum Gasteiger partial charge on any atom is -0.495 e. The molecular weight excluding hydrogens is 274 g/mol. The van der Waals surface area contributed by atoms with E-state index in [1.807, 2.05) is 0 Å². The van der Waals surface area contributed by atoms with Gasteiger partial charge in [0, 0.05) is 19.0 Å². The first-order valence-electron chi connectivity index (χ1n) is 5.71. The number of rotatable bonds is 5. The lowest BCUT2D eigenvalue weighted by Crippen LogP contribution is -2.29. The first-order valence-corrected chi connectivity index (χ1v) is 7.69. The van der Waals surface area contributed by atoms with Crippen molar-refractivity contribution in [2.24, 2.45) is 0 Å². The lowest BCUT2D eigenvalue weighted by atomic mass is 10.2. The number of hydrogen-bond acceptors (Lipinski definition) is 3. The molecule has 0 unspecified atom stereocenters. The van der Waals surface area contributed by atoms with Gasteiger partial charge in [-0.25, -0.2) is 8.42 Å². The van der Waals surface area contributed by atoms with Gasteiger partial charge in [0.25, 0.3) is 0 Å². The number of alkyl halides is 1. The van der Waals surface area contributed by atoms with Gasteiger partial charge < -0.3 is 4.74 Å². The molecule has 1 fully saturated rings. The van der Waals surface area contributed by atoms with Crippen LogP contribution in [0.5, 0.6) is 5.75 Å². The third kappa shape index (κ3) is 2.48. The van der Waals surface area contributed by atoms with Gasteiger partial charge in [0.2, 0.25) is 10.0 Å². The molecule has 4 nitrogen and oxygen atoms in total. The summed E-state index contributed by atoms with van der Waals surface area (Å²) >= 11 is 5.73. The van der Waals surface area contributed by atoms with E-state index in [0.717, 1.165) is 18.4 Å². The largest absolute Gasteiger partial charge is 0.495 e. The Kier molecular flexibility index (Phi) is 3.84. The van der Waals surface area contributed by atoms with Crippen molar-refractivity contribution in [3.05, 3.63) is 23.8 Å². The van der Waals surface area contributed by atoms with Gasteiger partial charge in [-0.15, -0.1) is 11.6 Å². The lowest BCUT2D eigenvalue weighted by molar-refractivity contribution is 0.397. The summed E-state index contributed by atoms with van der Waals surface area (Å²) in [4.78, 5) is 0.202. The Balaban J connectivity index is 2.43. The predicted octanol–water partition coefficient (Wildman–Crippen LogP) is 2.22. The third-order valence-electron chi connectivity index (χ3n) is 3.10. The van der Waals surface area contributed by atoms with Crippen molar-refractivity contribution in [1.82, 2.24) is 4.31 Å². The van der Waals surface area contributed by atoms with Crippen molar-refractivity contribution >= 4 is 21.6 Å². The van der Waals surface area contributed by atoms with Gasteiger partial charge in [0.15, 0.2) is 0 Å². The van der Waals surface area contributed by atoms with Gasteiger partial charge in [-0.3, -0.25) is 0 Å². The first-order chi connectivity index (χ1) is 8.50. The van der Waals surface area contributed by atoms with Crippen LogP contribution in [0.25, 0.3) is 0 Å². The Morgan fingerprint density at radius 2 is 2.11 bits per heavy atom. The van der Waals surface area contributed by atoms with Gasteiger partial charge in [-0.2, -0.15) is 4.31 Å². The van der Waals surface area contributed by atoms with Gasteiger partial charge >= 0.3 is 0 Å². The summed E-state index contributed by atoms with van der Waals surface area (Å²) in [5.74, 6) is 0.676. The van der Waals surface area contributed by atoms with Crippen LogP contribution in [0.3, 0.4) is 0 Å². The normalized spacial score (nSPS) is 16.0. The maximum atomic E-state index is 12.4. The van der Waals surface area contributed by atoms with E-state index in [4.69, 9.17) is 16.3 Å². The fourth-order valence-corrected chi connectivity index (χ4v) is 3.51. The Hall–Kier alpha value is -0.780. The molecule has 0 N–H and O–H groups in total. The number of halogens is 1. The fourth-order valence-electron chi connectivity index (χ4n) is 1.80. The van der Waals surface area contributed by atoms with Crippen molar-refractivity contribution < 1.29 is 13.2 Å². The maximum Gasteiger partial charge on any atom is 0.246 e. The average Bonchev–Trinajstić information content (AvgIpc) is 3.21. The highest BCUT2D eigenvalue weighted by molar-refractivity contribution is 7.89. The lowest BCUT2D eigenvalue weighted by Gasteiger charge is -2.18. The van der Waals surface area contributed by atoms with Crippen LogP contribution in [0.2, 0.25) is 0 Å². The smallest absolute Gasteiger partial charge is 0.246 e. The van der Waals surface area contributed by atoms with Crippen LogP contribution >= 0.6 is 11.6 Å². The average molecular weight is 290 g/mol. The van der Waals surface area contributed by atoms with Crippen LogP contribution in [0.15, 0.2) is 23.1 Å². The molecule has 0 radical (unpaired) electrons. The molecule has 0 spiro atoms. The summed E-state index contributed by atoms with van der Waals surface area (Å²) < 4.78 is 31.4. The first kappa shape index (κ1) is 13.6. The highest BCUT2D eigenvalue weighted by Gasteiger charge is 2.36. The summed E-state index contributed by atoms with van der Waals surface area (Å²) in [5.41, 5.74) is 0.835. The number of hydrogen-bond donors (Lipinski definition) is 0. The second-order valence-corrected chi connectivity index (χ2v) is 6.60. The van der Waals surface area contributed by atoms with E-state index >= 15 is 0 Å². The van der Waals surface area contributed by atoms with Crippen molar-refractivity contribution in [3.63, 3.8) is 0 Å². The van der Waals surface area contributed by atoms with Crippen molar-refractivity contribution in [2.45, 2.75) is 29.7 Å². The topological polar surface area (TPSA) is 46.6 Å². The number of benzene rings is 1. The highest BCUT2D eigenvalue weighted by Crippen LogP contribution is 2.34. The van der Waals surface area contributed by atoms with Crippen molar-refractivity contribution in [3.8, 4) is 5.75 Å². The molecule has 1 saturated carbocycles. The molecule has 100 valence electrons. The fraction of sp³-hybridized carbons (Fsp3) is 0.500. The zero-order chi connectivity index (χ0) is 13.3. The van der Waals surface area contributed by atoms with Crippen molar-refractivity contribution in [1.29, 1.82) is 0 Å². The summed E-state index contributed by atoms with van der Waals surface area (Å²) in [6, 6.07) is 5.07. The Bertz CT molecular complexity index is 540. The molecule has 2 rings (SSSR count). The number of nitrogens with zero attached hydrogens (tertiary/aromatic N) is 1. The second-order valence-electron chi connectivity index (χ2n) is 4.37. The molecule has 6 heteroatoms. The van der Waals surface area contributed by atoms with Gasteiger partial charge in [-0.05, 0) is 30.5 Å². The molecular formula is C12H16ClNO3S. The molecule has 0 bridgehead atoms. The maximum absolute atomic E-state index is 12.4. The summed E-state index contributed by atoms with van der Waals surface area (Å²) in [6.45, 7) is 0. The predicted molar refractivity (Wildman–Crippen MR) is 70.5 cm³/mol. The molecule has 1 aliphatic rings. The molecule has 0 atom stereocenters. The van der Waals surface area contributed by atoms with Crippen LogP contribution < -0.4 is 4.74 Å². The molecule has 1 aliphatic carbocycles. The van der Waals surface area contributed by atoms with Gasteiger partial charge in [-0.1, -0.05) is 6.07 Å². The monoisotopic (exact) mass is 289 g/mol. The molecule has 0 saturated heterocycles. The molecule has 18 heavy (non-hydrogen) atoms. The standard InChI is InChI=1S/C12H16ClNO3S/c1-14(10-4-5-10)18(15,16)12-6-3-9(8-13)7-11(12)17-2/h3,6-7,10H,4-5,8H2,1-2H3. The van der Waals surface area contributed by atoms with E-state index in [-0.39, 0.29) is 10.9 Å². The Morgan fingerprint density at radius 1 is 1.44 bits per heavy atom. The van der Waals surface area contributed by atoms with Crippen LogP contribution in [0.1, 0.15) is 18.4 Å². The van der Waals surface area contributed by atoms with E-state index in [9.17, 15) is 8.42 Å². The zero-order valence-electron chi connectivity index (χ0n) is 10.4. The SMILES string of the molecule is COc1cc(CCl)ccc1S(=O)(=O)N(C)C1CC1. The number of methoxy groups -OCH3 is 1. The summed E-state index contributed by atoms with van der Waals surface area (Å²) in [5, 5.41) is 0. The van der Waals surface area contributed by atoms with Crippen LogP contribution in [-0.4, -0.2) is 32.9 Å². The number of sulfonamides is 1. The van der Waals surface area contributed by atoms with E-state index in [1.165, 1.54) is 11.4 Å². The molecule has 0 amide bonds.